The van der Waals surface area contributed by atoms with E-state index in [4.69, 9.17) is 4.74 Å². The Bertz CT molecular complexity index is 1160. The summed E-state index contributed by atoms with van der Waals surface area (Å²) in [6, 6.07) is 18.3. The van der Waals surface area contributed by atoms with Gasteiger partial charge in [-0.1, -0.05) is 30.3 Å². The third-order valence-electron chi connectivity index (χ3n) is 6.90. The van der Waals surface area contributed by atoms with Crippen LogP contribution in [0, 0.1) is 10.1 Å². The maximum Gasteiger partial charge on any atom is 0.353 e. The molecule has 0 radical (unpaired) electrons. The number of rotatable bonds is 7. The van der Waals surface area contributed by atoms with Crippen molar-refractivity contribution in [3.8, 4) is 5.75 Å². The molecule has 188 valence electrons. The van der Waals surface area contributed by atoms with Gasteiger partial charge in [-0.25, -0.2) is 9.97 Å². The topological polar surface area (TPSA) is 91.1 Å². The minimum Gasteiger partial charge on any atom is -0.497 e. The summed E-state index contributed by atoms with van der Waals surface area (Å²) in [5.74, 6) is 1.65. The van der Waals surface area contributed by atoms with Crippen LogP contribution in [-0.2, 0) is 6.54 Å². The molecule has 2 fully saturated rings. The zero-order valence-corrected chi connectivity index (χ0v) is 20.5. The predicted molar refractivity (Wildman–Crippen MR) is 140 cm³/mol. The first-order chi connectivity index (χ1) is 17.6. The molecule has 0 atom stereocenters. The van der Waals surface area contributed by atoms with Crippen molar-refractivity contribution in [2.45, 2.75) is 6.54 Å². The van der Waals surface area contributed by atoms with Gasteiger partial charge in [0.2, 0.25) is 11.6 Å². The van der Waals surface area contributed by atoms with E-state index in [1.54, 1.807) is 7.11 Å². The molecule has 0 bridgehead atoms. The lowest BCUT2D eigenvalue weighted by molar-refractivity contribution is -0.383. The largest absolute Gasteiger partial charge is 0.497 e. The van der Waals surface area contributed by atoms with Crippen LogP contribution < -0.4 is 19.4 Å². The summed E-state index contributed by atoms with van der Waals surface area (Å²) in [5, 5.41) is 12.2. The first-order valence-corrected chi connectivity index (χ1v) is 12.3. The molecule has 3 aromatic rings. The molecule has 0 aliphatic carbocycles. The highest BCUT2D eigenvalue weighted by Gasteiger charge is 2.33. The van der Waals surface area contributed by atoms with E-state index in [0.29, 0.717) is 37.8 Å². The van der Waals surface area contributed by atoms with E-state index >= 15 is 0 Å². The van der Waals surface area contributed by atoms with E-state index in [2.05, 4.69) is 31.9 Å². The van der Waals surface area contributed by atoms with Crippen molar-refractivity contribution in [1.29, 1.82) is 0 Å². The minimum absolute atomic E-state index is 0.00640. The van der Waals surface area contributed by atoms with E-state index < -0.39 is 0 Å². The zero-order chi connectivity index (χ0) is 24.9. The molecule has 0 N–H and O–H groups in total. The number of hydrogen-bond acceptors (Lipinski definition) is 9. The Morgan fingerprint density at radius 1 is 0.806 bits per heavy atom. The van der Waals surface area contributed by atoms with Crippen LogP contribution in [0.4, 0.5) is 23.0 Å². The van der Waals surface area contributed by atoms with E-state index in [9.17, 15) is 10.1 Å². The second-order valence-electron chi connectivity index (χ2n) is 9.05. The number of nitro groups is 1. The van der Waals surface area contributed by atoms with Gasteiger partial charge in [0, 0.05) is 64.6 Å². The minimum atomic E-state index is -0.323. The van der Waals surface area contributed by atoms with Gasteiger partial charge in [-0.15, -0.1) is 0 Å². The first kappa shape index (κ1) is 23.8. The molecule has 2 aliphatic heterocycles. The Kier molecular flexibility index (Phi) is 7.13. The maximum atomic E-state index is 12.2. The maximum absolute atomic E-state index is 12.2. The summed E-state index contributed by atoms with van der Waals surface area (Å²) >= 11 is 0. The van der Waals surface area contributed by atoms with Gasteiger partial charge in [0.15, 0.2) is 0 Å². The van der Waals surface area contributed by atoms with Crippen LogP contribution in [0.1, 0.15) is 5.56 Å². The van der Waals surface area contributed by atoms with Crippen LogP contribution in [0.25, 0.3) is 0 Å². The standard InChI is InChI=1S/C26H31N7O3/c1-36-23-9-7-22(8-10-23)30-15-17-32(18-16-30)26-24(33(34)35)25(27-20-28-26)31-13-11-29(12-14-31)19-21-5-3-2-4-6-21/h2-10,20H,11-19H2,1H3. The van der Waals surface area contributed by atoms with Crippen molar-refractivity contribution in [3.63, 3.8) is 0 Å². The molecule has 0 spiro atoms. The average molecular weight is 490 g/mol. The molecule has 0 amide bonds. The number of nitrogens with zero attached hydrogens (tertiary/aromatic N) is 7. The van der Waals surface area contributed by atoms with E-state index in [0.717, 1.165) is 44.2 Å². The smallest absolute Gasteiger partial charge is 0.353 e. The lowest BCUT2D eigenvalue weighted by atomic mass is 10.2. The van der Waals surface area contributed by atoms with Crippen LogP contribution in [0.2, 0.25) is 0 Å². The second kappa shape index (κ2) is 10.8. The SMILES string of the molecule is COc1ccc(N2CCN(c3ncnc(N4CCN(Cc5ccccc5)CC4)c3[N+](=O)[O-])CC2)cc1. The number of hydrogen-bond donors (Lipinski definition) is 0. The van der Waals surface area contributed by atoms with Gasteiger partial charge in [-0.2, -0.15) is 0 Å². The van der Waals surface area contributed by atoms with Gasteiger partial charge in [0.1, 0.15) is 12.1 Å². The van der Waals surface area contributed by atoms with Crippen LogP contribution in [-0.4, -0.2) is 79.3 Å². The quantitative estimate of drug-likeness (QED) is 0.367. The summed E-state index contributed by atoms with van der Waals surface area (Å²) in [6.45, 7) is 6.71. The molecule has 36 heavy (non-hydrogen) atoms. The summed E-state index contributed by atoms with van der Waals surface area (Å²) in [6.07, 6.45) is 1.46. The predicted octanol–water partition coefficient (Wildman–Crippen LogP) is 3.04. The van der Waals surface area contributed by atoms with Gasteiger partial charge >= 0.3 is 5.69 Å². The molecule has 2 aliphatic rings. The monoisotopic (exact) mass is 489 g/mol. The van der Waals surface area contributed by atoms with Crippen molar-refractivity contribution in [1.82, 2.24) is 14.9 Å². The highest BCUT2D eigenvalue weighted by molar-refractivity contribution is 5.72. The first-order valence-electron chi connectivity index (χ1n) is 12.3. The van der Waals surface area contributed by atoms with Gasteiger partial charge < -0.3 is 19.4 Å². The zero-order valence-electron chi connectivity index (χ0n) is 20.5. The Hall–Kier alpha value is -3.92. The van der Waals surface area contributed by atoms with Crippen LogP contribution in [0.15, 0.2) is 60.9 Å². The Balaban J connectivity index is 1.26. The Morgan fingerprint density at radius 3 is 1.92 bits per heavy atom. The molecule has 1 aromatic heterocycles. The number of benzene rings is 2. The lowest BCUT2D eigenvalue weighted by Crippen LogP contribution is -2.48. The lowest BCUT2D eigenvalue weighted by Gasteiger charge is -2.37. The van der Waals surface area contributed by atoms with Crippen LogP contribution in [0.3, 0.4) is 0 Å². The molecule has 2 aromatic carbocycles. The third-order valence-corrected chi connectivity index (χ3v) is 6.90. The number of aromatic nitrogens is 2. The van der Waals surface area contributed by atoms with Gasteiger partial charge in [0.05, 0.1) is 12.0 Å². The van der Waals surface area contributed by atoms with Crippen molar-refractivity contribution in [2.75, 3.05) is 74.2 Å². The van der Waals surface area contributed by atoms with Gasteiger partial charge in [-0.05, 0) is 29.8 Å². The molecule has 10 nitrogen and oxygen atoms in total. The Labute approximate surface area is 210 Å². The molecule has 0 unspecified atom stereocenters. The number of anilines is 3. The van der Waals surface area contributed by atoms with Crippen molar-refractivity contribution >= 4 is 23.0 Å². The van der Waals surface area contributed by atoms with Crippen molar-refractivity contribution < 1.29 is 9.66 Å². The fourth-order valence-electron chi connectivity index (χ4n) is 4.92. The third kappa shape index (κ3) is 5.18. The van der Waals surface area contributed by atoms with Crippen LogP contribution in [0.5, 0.6) is 5.75 Å². The van der Waals surface area contributed by atoms with Crippen LogP contribution >= 0.6 is 0 Å². The summed E-state index contributed by atoms with van der Waals surface area (Å²) in [7, 11) is 1.65. The molecule has 5 rings (SSSR count). The van der Waals surface area contributed by atoms with Gasteiger partial charge in [0.25, 0.3) is 0 Å². The van der Waals surface area contributed by atoms with E-state index in [1.165, 1.54) is 11.9 Å². The number of methoxy groups -OCH3 is 1. The molecule has 0 saturated carbocycles. The van der Waals surface area contributed by atoms with E-state index in [1.807, 2.05) is 52.3 Å². The summed E-state index contributed by atoms with van der Waals surface area (Å²) in [4.78, 5) is 29.3. The summed E-state index contributed by atoms with van der Waals surface area (Å²) < 4.78 is 5.25. The number of piperazine rings is 2. The fraction of sp³-hybridized carbons (Fsp3) is 0.385. The number of ether oxygens (including phenoxy) is 1. The fourth-order valence-corrected chi connectivity index (χ4v) is 4.92. The highest BCUT2D eigenvalue weighted by atomic mass is 16.6. The second-order valence-corrected chi connectivity index (χ2v) is 9.05. The molecular formula is C26H31N7O3. The normalized spacial score (nSPS) is 16.8. The van der Waals surface area contributed by atoms with Crippen molar-refractivity contribution in [2.24, 2.45) is 0 Å². The van der Waals surface area contributed by atoms with Crippen molar-refractivity contribution in [3.05, 3.63) is 76.6 Å². The van der Waals surface area contributed by atoms with Gasteiger partial charge in [-0.3, -0.25) is 15.0 Å². The molecule has 3 heterocycles. The molecular weight excluding hydrogens is 458 g/mol. The Morgan fingerprint density at radius 2 is 1.36 bits per heavy atom. The molecule has 2 saturated heterocycles. The molecule has 10 heteroatoms. The van der Waals surface area contributed by atoms with E-state index in [-0.39, 0.29) is 10.6 Å². The average Bonchev–Trinajstić information content (AvgIpc) is 2.94. The highest BCUT2D eigenvalue weighted by Crippen LogP contribution is 2.35. The summed E-state index contributed by atoms with van der Waals surface area (Å²) in [5.41, 5.74) is 2.39.